The van der Waals surface area contributed by atoms with Gasteiger partial charge in [-0.3, -0.25) is 4.79 Å². The molecular weight excluding hydrogens is 429 g/mol. The van der Waals surface area contributed by atoms with Crippen molar-refractivity contribution in [1.29, 1.82) is 0 Å². The quantitative estimate of drug-likeness (QED) is 0.361. The van der Waals surface area contributed by atoms with Crippen LogP contribution in [-0.4, -0.2) is 19.0 Å². The number of anilines is 1. The van der Waals surface area contributed by atoms with E-state index in [4.69, 9.17) is 27.9 Å². The van der Waals surface area contributed by atoms with Crippen molar-refractivity contribution in [1.82, 2.24) is 0 Å². The second-order valence-electron chi connectivity index (χ2n) is 6.20. The van der Waals surface area contributed by atoms with E-state index in [1.807, 2.05) is 36.6 Å². The molecule has 1 amide bonds. The number of halogens is 2. The van der Waals surface area contributed by atoms with Crippen LogP contribution < -0.4 is 5.32 Å². The predicted octanol–water partition coefficient (Wildman–Crippen LogP) is 6.47. The largest absolute Gasteiger partial charge is 0.465 e. The van der Waals surface area contributed by atoms with E-state index in [9.17, 15) is 9.59 Å². The summed E-state index contributed by atoms with van der Waals surface area (Å²) in [6, 6.07) is 12.8. The van der Waals surface area contributed by atoms with Crippen LogP contribution in [0.15, 0.2) is 53.9 Å². The van der Waals surface area contributed by atoms with Crippen molar-refractivity contribution in [2.75, 3.05) is 12.4 Å². The zero-order valence-corrected chi connectivity index (χ0v) is 18.0. The first-order valence-corrected chi connectivity index (χ1v) is 10.2. The molecule has 0 unspecified atom stereocenters. The minimum Gasteiger partial charge on any atom is -0.465 e. The number of benzene rings is 2. The standard InChI is InChI=1S/C22H17Cl2NO3S/c1-13-3-5-14(6-4-13)17-12-29-21(20(17)22(27)28-2)25-19(26)10-8-15-7-9-16(23)11-18(15)24/h3-12H,1-2H3,(H,25,26)/b10-8+. The lowest BCUT2D eigenvalue weighted by atomic mass is 10.0. The van der Waals surface area contributed by atoms with Gasteiger partial charge in [0.1, 0.15) is 10.6 Å². The van der Waals surface area contributed by atoms with Gasteiger partial charge < -0.3 is 10.1 Å². The van der Waals surface area contributed by atoms with Gasteiger partial charge >= 0.3 is 5.97 Å². The third-order valence-corrected chi connectivity index (χ3v) is 5.61. The smallest absolute Gasteiger partial charge is 0.341 e. The highest BCUT2D eigenvalue weighted by Gasteiger charge is 2.21. The molecule has 0 fully saturated rings. The van der Waals surface area contributed by atoms with Crippen molar-refractivity contribution in [2.24, 2.45) is 0 Å². The van der Waals surface area contributed by atoms with E-state index >= 15 is 0 Å². The molecule has 29 heavy (non-hydrogen) atoms. The van der Waals surface area contributed by atoms with E-state index in [-0.39, 0.29) is 0 Å². The highest BCUT2D eigenvalue weighted by Crippen LogP contribution is 2.36. The van der Waals surface area contributed by atoms with Crippen molar-refractivity contribution < 1.29 is 14.3 Å². The maximum Gasteiger partial charge on any atom is 0.341 e. The van der Waals surface area contributed by atoms with Gasteiger partial charge in [-0.15, -0.1) is 11.3 Å². The van der Waals surface area contributed by atoms with Gasteiger partial charge in [-0.25, -0.2) is 4.79 Å². The van der Waals surface area contributed by atoms with Gasteiger partial charge in [-0.1, -0.05) is 59.1 Å². The number of hydrogen-bond acceptors (Lipinski definition) is 4. The van der Waals surface area contributed by atoms with E-state index in [0.29, 0.717) is 31.7 Å². The molecular formula is C22H17Cl2NO3S. The fourth-order valence-corrected chi connectivity index (χ4v) is 4.09. The number of amides is 1. The molecule has 0 bridgehead atoms. The first-order valence-electron chi connectivity index (χ1n) is 8.60. The predicted molar refractivity (Wildman–Crippen MR) is 120 cm³/mol. The van der Waals surface area contributed by atoms with E-state index in [1.54, 1.807) is 24.3 Å². The van der Waals surface area contributed by atoms with Crippen LogP contribution in [0, 0.1) is 6.92 Å². The number of rotatable bonds is 5. The summed E-state index contributed by atoms with van der Waals surface area (Å²) in [6.07, 6.45) is 2.93. The van der Waals surface area contributed by atoms with Gasteiger partial charge in [0.2, 0.25) is 5.91 Å². The Bertz CT molecular complexity index is 1090. The lowest BCUT2D eigenvalue weighted by Crippen LogP contribution is -2.11. The first kappa shape index (κ1) is 21.1. The van der Waals surface area contributed by atoms with Gasteiger partial charge in [0.05, 0.1) is 7.11 Å². The maximum atomic E-state index is 12.4. The molecule has 0 saturated heterocycles. The fourth-order valence-electron chi connectivity index (χ4n) is 2.66. The van der Waals surface area contributed by atoms with Gasteiger partial charge in [-0.05, 0) is 36.3 Å². The molecule has 7 heteroatoms. The van der Waals surface area contributed by atoms with Crippen LogP contribution in [0.5, 0.6) is 0 Å². The number of aryl methyl sites for hydroxylation is 1. The molecule has 0 aliphatic carbocycles. The summed E-state index contributed by atoms with van der Waals surface area (Å²) in [5, 5.41) is 5.95. The lowest BCUT2D eigenvalue weighted by Gasteiger charge is -2.07. The molecule has 3 aromatic rings. The minimum absolute atomic E-state index is 0.327. The van der Waals surface area contributed by atoms with Crippen LogP contribution in [0.2, 0.25) is 10.0 Å². The average Bonchev–Trinajstić information content (AvgIpc) is 3.10. The maximum absolute atomic E-state index is 12.4. The molecule has 0 aliphatic rings. The number of esters is 1. The highest BCUT2D eigenvalue weighted by molar-refractivity contribution is 7.15. The van der Waals surface area contributed by atoms with Crippen molar-refractivity contribution in [2.45, 2.75) is 6.92 Å². The Morgan fingerprint density at radius 3 is 2.48 bits per heavy atom. The third-order valence-electron chi connectivity index (χ3n) is 4.16. The monoisotopic (exact) mass is 445 g/mol. The summed E-state index contributed by atoms with van der Waals surface area (Å²) in [5.41, 5.74) is 3.68. The molecule has 0 atom stereocenters. The topological polar surface area (TPSA) is 55.4 Å². The fraction of sp³-hybridized carbons (Fsp3) is 0.0909. The van der Waals surface area contributed by atoms with Crippen LogP contribution in [0.1, 0.15) is 21.5 Å². The SMILES string of the molecule is COC(=O)c1c(-c2ccc(C)cc2)csc1NC(=O)/C=C/c1ccc(Cl)cc1Cl. The van der Waals surface area contributed by atoms with Crippen molar-refractivity contribution in [3.8, 4) is 11.1 Å². The molecule has 0 radical (unpaired) electrons. The first-order chi connectivity index (χ1) is 13.9. The Morgan fingerprint density at radius 2 is 1.83 bits per heavy atom. The van der Waals surface area contributed by atoms with Crippen molar-refractivity contribution in [3.63, 3.8) is 0 Å². The molecule has 3 rings (SSSR count). The number of carbonyl (C=O) groups is 2. The molecule has 1 N–H and O–H groups in total. The van der Waals surface area contributed by atoms with Crippen molar-refractivity contribution in [3.05, 3.63) is 80.7 Å². The number of thiophene rings is 1. The van der Waals surface area contributed by atoms with Gasteiger partial charge in [0, 0.05) is 27.1 Å². The van der Waals surface area contributed by atoms with E-state index < -0.39 is 11.9 Å². The van der Waals surface area contributed by atoms with Gasteiger partial charge in [-0.2, -0.15) is 0 Å². The van der Waals surface area contributed by atoms with Crippen LogP contribution in [0.3, 0.4) is 0 Å². The second kappa shape index (κ2) is 9.27. The van der Waals surface area contributed by atoms with Crippen LogP contribution >= 0.6 is 34.5 Å². The number of methoxy groups -OCH3 is 1. The molecule has 148 valence electrons. The molecule has 1 heterocycles. The Labute approximate surface area is 182 Å². The number of hydrogen-bond donors (Lipinski definition) is 1. The van der Waals surface area contributed by atoms with Crippen LogP contribution in [0.25, 0.3) is 17.2 Å². The molecule has 1 aromatic heterocycles. The summed E-state index contributed by atoms with van der Waals surface area (Å²) in [7, 11) is 1.31. The Hall–Kier alpha value is -2.60. The summed E-state index contributed by atoms with van der Waals surface area (Å²) in [5.74, 6) is -0.902. The lowest BCUT2D eigenvalue weighted by molar-refractivity contribution is -0.111. The molecule has 0 aliphatic heterocycles. The summed E-state index contributed by atoms with van der Waals surface area (Å²) in [4.78, 5) is 24.8. The normalized spacial score (nSPS) is 10.9. The molecule has 2 aromatic carbocycles. The summed E-state index contributed by atoms with van der Waals surface area (Å²) in [6.45, 7) is 1.99. The number of carbonyl (C=O) groups excluding carboxylic acids is 2. The highest BCUT2D eigenvalue weighted by atomic mass is 35.5. The minimum atomic E-state index is -0.512. The van der Waals surface area contributed by atoms with Gasteiger partial charge in [0.25, 0.3) is 0 Å². The number of ether oxygens (including phenoxy) is 1. The summed E-state index contributed by atoms with van der Waals surface area (Å²) < 4.78 is 4.93. The van der Waals surface area contributed by atoms with Crippen LogP contribution in [-0.2, 0) is 9.53 Å². The summed E-state index contributed by atoms with van der Waals surface area (Å²) >= 11 is 13.3. The van der Waals surface area contributed by atoms with Crippen molar-refractivity contribution >= 4 is 57.5 Å². The molecule has 4 nitrogen and oxygen atoms in total. The van der Waals surface area contributed by atoms with E-state index in [1.165, 1.54) is 24.5 Å². The molecule has 0 saturated carbocycles. The van der Waals surface area contributed by atoms with E-state index in [2.05, 4.69) is 5.32 Å². The third kappa shape index (κ3) is 5.07. The molecule has 0 spiro atoms. The second-order valence-corrected chi connectivity index (χ2v) is 7.92. The zero-order chi connectivity index (χ0) is 21.0. The zero-order valence-electron chi connectivity index (χ0n) is 15.7. The Kier molecular flexibility index (Phi) is 6.75. The van der Waals surface area contributed by atoms with Crippen LogP contribution in [0.4, 0.5) is 5.00 Å². The van der Waals surface area contributed by atoms with E-state index in [0.717, 1.165) is 11.1 Å². The number of nitrogens with one attached hydrogen (secondary N) is 1. The van der Waals surface area contributed by atoms with Gasteiger partial charge in [0.15, 0.2) is 0 Å². The Balaban J connectivity index is 1.86. The average molecular weight is 446 g/mol. The Morgan fingerprint density at radius 1 is 1.10 bits per heavy atom.